The molecule has 102 valence electrons. The summed E-state index contributed by atoms with van der Waals surface area (Å²) in [5, 5.41) is 0. The fraction of sp³-hybridized carbons (Fsp3) is 0.429. The second-order valence-electron chi connectivity index (χ2n) is 5.04. The van der Waals surface area contributed by atoms with Crippen LogP contribution in [0.25, 0.3) is 11.1 Å². The van der Waals surface area contributed by atoms with Gasteiger partial charge < -0.3 is 9.32 Å². The summed E-state index contributed by atoms with van der Waals surface area (Å²) in [4.78, 5) is 24.8. The highest BCUT2D eigenvalue weighted by atomic mass is 16.4. The Kier molecular flexibility index (Phi) is 3.57. The third kappa shape index (κ3) is 2.61. The summed E-state index contributed by atoms with van der Waals surface area (Å²) in [6, 6.07) is 5.62. The van der Waals surface area contributed by atoms with Crippen LogP contribution in [0.3, 0.4) is 0 Å². The number of oxazole rings is 1. The van der Waals surface area contributed by atoms with Gasteiger partial charge in [0.25, 0.3) is 0 Å². The molecule has 0 aliphatic heterocycles. The molecule has 0 aliphatic carbocycles. The molecule has 2 aromatic rings. The summed E-state index contributed by atoms with van der Waals surface area (Å²) in [6.45, 7) is 1.58. The summed E-state index contributed by atoms with van der Waals surface area (Å²) in [5.41, 5.74) is 2.29. The number of aromatic nitrogens is 1. The van der Waals surface area contributed by atoms with Crippen molar-refractivity contribution in [3.8, 4) is 0 Å². The summed E-state index contributed by atoms with van der Waals surface area (Å²) in [7, 11) is 5.53. The molecule has 0 N–H and O–H groups in total. The molecule has 0 spiro atoms. The second kappa shape index (κ2) is 5.01. The second-order valence-corrected chi connectivity index (χ2v) is 5.04. The highest BCUT2D eigenvalue weighted by Gasteiger charge is 2.18. The van der Waals surface area contributed by atoms with Gasteiger partial charge in [-0.05, 0) is 38.7 Å². The van der Waals surface area contributed by atoms with Gasteiger partial charge in [-0.2, -0.15) is 0 Å². The molecule has 2 rings (SSSR count). The van der Waals surface area contributed by atoms with E-state index in [4.69, 9.17) is 4.42 Å². The van der Waals surface area contributed by atoms with Crippen LogP contribution in [0.5, 0.6) is 0 Å². The van der Waals surface area contributed by atoms with Crippen molar-refractivity contribution >= 4 is 16.9 Å². The van der Waals surface area contributed by atoms with Gasteiger partial charge in [0.05, 0.1) is 5.52 Å². The summed E-state index contributed by atoms with van der Waals surface area (Å²) in [5.74, 6) is -0.242. The normalized spacial score (nSPS) is 13.1. The van der Waals surface area contributed by atoms with Crippen LogP contribution in [0, 0.1) is 0 Å². The SMILES string of the molecule is CC(=O)CC(c1ccc2c(c1)oc(=O)n2C)N(C)C. The zero-order chi connectivity index (χ0) is 14.2. The van der Waals surface area contributed by atoms with Crippen LogP contribution in [0.15, 0.2) is 27.4 Å². The van der Waals surface area contributed by atoms with Gasteiger partial charge in [-0.15, -0.1) is 0 Å². The molecule has 0 amide bonds. The molecule has 5 heteroatoms. The number of Topliss-reactive ketones (excluding diaryl/α,β-unsaturated/α-hetero) is 1. The zero-order valence-corrected chi connectivity index (χ0v) is 11.6. The highest BCUT2D eigenvalue weighted by Crippen LogP contribution is 2.25. The average molecular weight is 262 g/mol. The third-order valence-electron chi connectivity index (χ3n) is 3.31. The fourth-order valence-corrected chi connectivity index (χ4v) is 2.23. The maximum atomic E-state index is 11.5. The average Bonchev–Trinajstić information content (AvgIpc) is 2.61. The molecule has 0 saturated carbocycles. The molecule has 5 nitrogen and oxygen atoms in total. The van der Waals surface area contributed by atoms with Gasteiger partial charge in [-0.25, -0.2) is 4.79 Å². The molecule has 0 saturated heterocycles. The number of aryl methyl sites for hydroxylation is 1. The largest absolute Gasteiger partial charge is 0.419 e. The first-order valence-corrected chi connectivity index (χ1v) is 6.15. The number of hydrogen-bond acceptors (Lipinski definition) is 4. The lowest BCUT2D eigenvalue weighted by Crippen LogP contribution is -2.22. The van der Waals surface area contributed by atoms with E-state index in [2.05, 4.69) is 0 Å². The molecule has 0 fully saturated rings. The first-order chi connectivity index (χ1) is 8.90. The molecule has 1 aromatic heterocycles. The van der Waals surface area contributed by atoms with E-state index >= 15 is 0 Å². The predicted octanol–water partition coefficient (Wildman–Crippen LogP) is 1.71. The Hall–Kier alpha value is -1.88. The molecular weight excluding hydrogens is 244 g/mol. The van der Waals surface area contributed by atoms with Crippen molar-refractivity contribution in [3.05, 3.63) is 34.3 Å². The molecule has 1 heterocycles. The van der Waals surface area contributed by atoms with E-state index in [9.17, 15) is 9.59 Å². The lowest BCUT2D eigenvalue weighted by atomic mass is 10.0. The van der Waals surface area contributed by atoms with Crippen LogP contribution in [0.1, 0.15) is 24.9 Å². The minimum absolute atomic E-state index is 0.00703. The van der Waals surface area contributed by atoms with Crippen LogP contribution in [-0.2, 0) is 11.8 Å². The minimum atomic E-state index is -0.375. The van der Waals surface area contributed by atoms with E-state index < -0.39 is 0 Å². The van der Waals surface area contributed by atoms with E-state index in [1.807, 2.05) is 37.2 Å². The zero-order valence-electron chi connectivity index (χ0n) is 11.6. The van der Waals surface area contributed by atoms with E-state index in [1.165, 1.54) is 4.57 Å². The van der Waals surface area contributed by atoms with Gasteiger partial charge in [0.15, 0.2) is 5.58 Å². The number of nitrogens with zero attached hydrogens (tertiary/aromatic N) is 2. The van der Waals surface area contributed by atoms with Gasteiger partial charge in [-0.3, -0.25) is 9.36 Å². The first-order valence-electron chi connectivity index (χ1n) is 6.15. The molecule has 0 bridgehead atoms. The standard InChI is InChI=1S/C14H18N2O3/c1-9(17)7-12(15(2)3)10-5-6-11-13(8-10)19-14(18)16(11)4/h5-6,8,12H,7H2,1-4H3. The van der Waals surface area contributed by atoms with Crippen LogP contribution in [-0.4, -0.2) is 29.3 Å². The van der Waals surface area contributed by atoms with Crippen molar-refractivity contribution in [1.82, 2.24) is 9.47 Å². The molecule has 0 radical (unpaired) electrons. The van der Waals surface area contributed by atoms with Crippen LogP contribution in [0.4, 0.5) is 0 Å². The van der Waals surface area contributed by atoms with Gasteiger partial charge in [0, 0.05) is 19.5 Å². The lowest BCUT2D eigenvalue weighted by Gasteiger charge is -2.23. The molecule has 1 aromatic carbocycles. The Bertz CT molecular complexity index is 667. The van der Waals surface area contributed by atoms with Crippen molar-refractivity contribution < 1.29 is 9.21 Å². The number of benzene rings is 1. The quantitative estimate of drug-likeness (QED) is 0.841. The Morgan fingerprint density at radius 2 is 2.11 bits per heavy atom. The van der Waals surface area contributed by atoms with Crippen molar-refractivity contribution in [3.63, 3.8) is 0 Å². The molecule has 0 aliphatic rings. The number of carbonyl (C=O) groups excluding carboxylic acids is 1. The van der Waals surface area contributed by atoms with Gasteiger partial charge in [-0.1, -0.05) is 6.07 Å². The van der Waals surface area contributed by atoms with Crippen LogP contribution in [0.2, 0.25) is 0 Å². The Morgan fingerprint density at radius 1 is 1.42 bits per heavy atom. The monoisotopic (exact) mass is 262 g/mol. The summed E-state index contributed by atoms with van der Waals surface area (Å²) >= 11 is 0. The summed E-state index contributed by atoms with van der Waals surface area (Å²) in [6.07, 6.45) is 0.440. The van der Waals surface area contributed by atoms with Gasteiger partial charge in [0.2, 0.25) is 0 Å². The predicted molar refractivity (Wildman–Crippen MR) is 73.2 cm³/mol. The number of carbonyl (C=O) groups is 1. The highest BCUT2D eigenvalue weighted by molar-refractivity contribution is 5.77. The van der Waals surface area contributed by atoms with Crippen molar-refractivity contribution in [1.29, 1.82) is 0 Å². The molecule has 19 heavy (non-hydrogen) atoms. The van der Waals surface area contributed by atoms with Crippen molar-refractivity contribution in [2.75, 3.05) is 14.1 Å². The Morgan fingerprint density at radius 3 is 2.68 bits per heavy atom. The fourth-order valence-electron chi connectivity index (χ4n) is 2.23. The summed E-state index contributed by atoms with van der Waals surface area (Å²) < 4.78 is 6.65. The van der Waals surface area contributed by atoms with Crippen molar-refractivity contribution in [2.45, 2.75) is 19.4 Å². The van der Waals surface area contributed by atoms with Crippen molar-refractivity contribution in [2.24, 2.45) is 7.05 Å². The minimum Gasteiger partial charge on any atom is -0.408 e. The number of ketones is 1. The lowest BCUT2D eigenvalue weighted by molar-refractivity contribution is -0.118. The maximum Gasteiger partial charge on any atom is 0.419 e. The third-order valence-corrected chi connectivity index (χ3v) is 3.31. The number of hydrogen-bond donors (Lipinski definition) is 0. The number of fused-ring (bicyclic) bond motifs is 1. The van der Waals surface area contributed by atoms with E-state index in [-0.39, 0.29) is 17.6 Å². The topological polar surface area (TPSA) is 55.5 Å². The Labute approximate surface area is 111 Å². The first kappa shape index (κ1) is 13.5. The maximum absolute atomic E-state index is 11.5. The van der Waals surface area contributed by atoms with E-state index in [0.717, 1.165) is 11.1 Å². The van der Waals surface area contributed by atoms with Crippen LogP contribution >= 0.6 is 0 Å². The van der Waals surface area contributed by atoms with Crippen LogP contribution < -0.4 is 5.76 Å². The Balaban J connectivity index is 2.49. The van der Waals surface area contributed by atoms with E-state index in [1.54, 1.807) is 14.0 Å². The number of rotatable bonds is 4. The van der Waals surface area contributed by atoms with Gasteiger partial charge >= 0.3 is 5.76 Å². The molecule has 1 unspecified atom stereocenters. The molecular formula is C14H18N2O3. The smallest absolute Gasteiger partial charge is 0.408 e. The van der Waals surface area contributed by atoms with E-state index in [0.29, 0.717) is 12.0 Å². The van der Waals surface area contributed by atoms with Gasteiger partial charge in [0.1, 0.15) is 5.78 Å². The molecule has 1 atom stereocenters.